The summed E-state index contributed by atoms with van der Waals surface area (Å²) in [6.45, 7) is -4.38. The second-order valence-corrected chi connectivity index (χ2v) is 6.66. The summed E-state index contributed by atoms with van der Waals surface area (Å²) in [5.41, 5.74) is 0. The Morgan fingerprint density at radius 3 is 2.00 bits per heavy atom. The lowest BCUT2D eigenvalue weighted by Gasteiger charge is -2.11. The van der Waals surface area contributed by atoms with Crippen LogP contribution < -0.4 is 0 Å². The van der Waals surface area contributed by atoms with Gasteiger partial charge in [-0.3, -0.25) is 4.57 Å². The summed E-state index contributed by atoms with van der Waals surface area (Å²) in [6.07, 6.45) is 0. The minimum Gasteiger partial charge on any atom is -0.326 e. The molecule has 0 aromatic heterocycles. The molecule has 0 saturated carbocycles. The maximum atomic E-state index is 10.5. The summed E-state index contributed by atoms with van der Waals surface area (Å²) in [5, 5.41) is 0. The number of hydrogen-bond donors (Lipinski definition) is 4. The summed E-state index contributed by atoms with van der Waals surface area (Å²) < 4.78 is 27.3. The van der Waals surface area contributed by atoms with Crippen LogP contribution in [0.5, 0.6) is 0 Å². The molecule has 0 rings (SSSR count). The quantitative estimate of drug-likeness (QED) is 0.501. The predicted octanol–water partition coefficient (Wildman–Crippen LogP) is -0.289. The van der Waals surface area contributed by atoms with E-state index < -0.39 is 22.8 Å². The van der Waals surface area contributed by atoms with Crippen molar-refractivity contribution in [2.45, 2.75) is 0 Å². The van der Waals surface area contributed by atoms with Crippen molar-refractivity contribution in [3.63, 3.8) is 0 Å². The van der Waals surface area contributed by atoms with E-state index in [0.717, 1.165) is 0 Å². The predicted molar refractivity (Wildman–Crippen MR) is 41.9 cm³/mol. The molecule has 0 spiro atoms. The SMILES string of the molecule is O=[PH](O)OP(=O)(O)OP(O)(O)=S. The van der Waals surface area contributed by atoms with Gasteiger partial charge in [-0.05, 0) is 11.8 Å². The Hall–Kier alpha value is 0.870. The molecule has 0 aromatic rings. The fourth-order valence-corrected chi connectivity index (χ4v) is 3.31. The molecule has 0 fully saturated rings. The highest BCUT2D eigenvalue weighted by atomic mass is 32.5. The fraction of sp³-hybridized carbons (Fsp3) is 0. The molecule has 0 heterocycles. The topological polar surface area (TPSA) is 134 Å². The van der Waals surface area contributed by atoms with Crippen LogP contribution in [0.15, 0.2) is 0 Å². The standard InChI is InChI=1S/H5O8P3S/c1-9(2)7-10(3,4)8-11(5,6)12/h9H,(H,1,2)(H,3,4)(H2,5,6,12). The Morgan fingerprint density at radius 2 is 1.75 bits per heavy atom. The highest BCUT2D eigenvalue weighted by molar-refractivity contribution is 8.08. The van der Waals surface area contributed by atoms with E-state index in [1.165, 1.54) is 0 Å². The first kappa shape index (κ1) is 12.9. The van der Waals surface area contributed by atoms with E-state index in [0.29, 0.717) is 0 Å². The van der Waals surface area contributed by atoms with Crippen molar-refractivity contribution in [1.82, 2.24) is 0 Å². The summed E-state index contributed by atoms with van der Waals surface area (Å²) in [7, 11) is -8.64. The molecule has 0 amide bonds. The average molecular weight is 258 g/mol. The Kier molecular flexibility index (Phi) is 4.71. The highest BCUT2D eigenvalue weighted by Crippen LogP contribution is 2.61. The molecule has 12 heavy (non-hydrogen) atoms. The molecule has 0 bridgehead atoms. The third-order valence-electron chi connectivity index (χ3n) is 0.403. The average Bonchev–Trinajstić information content (AvgIpc) is 1.48. The van der Waals surface area contributed by atoms with Gasteiger partial charge in [0, 0.05) is 0 Å². The first-order valence-corrected chi connectivity index (χ1v) is 7.53. The van der Waals surface area contributed by atoms with Gasteiger partial charge in [0.25, 0.3) is 0 Å². The monoisotopic (exact) mass is 258 g/mol. The van der Waals surface area contributed by atoms with Crippen LogP contribution in [0.25, 0.3) is 0 Å². The molecule has 8 nitrogen and oxygen atoms in total. The third kappa shape index (κ3) is 7.52. The molecule has 0 aliphatic rings. The summed E-state index contributed by atoms with van der Waals surface area (Å²) in [6, 6.07) is 0. The van der Waals surface area contributed by atoms with Crippen molar-refractivity contribution >= 4 is 34.6 Å². The van der Waals surface area contributed by atoms with Crippen LogP contribution in [0.4, 0.5) is 0 Å². The molecule has 2 atom stereocenters. The molecular formula is H5O8P3S. The lowest BCUT2D eigenvalue weighted by molar-refractivity contribution is 0.259. The van der Waals surface area contributed by atoms with Crippen molar-refractivity contribution in [2.75, 3.05) is 0 Å². The second kappa shape index (κ2) is 4.39. The van der Waals surface area contributed by atoms with E-state index in [9.17, 15) is 9.13 Å². The zero-order valence-electron chi connectivity index (χ0n) is 5.22. The zero-order valence-corrected chi connectivity index (χ0v) is 8.83. The molecule has 74 valence electrons. The normalized spacial score (nSPS) is 20.0. The minimum absolute atomic E-state index is 3.45. The van der Waals surface area contributed by atoms with Gasteiger partial charge in [0.15, 0.2) is 0 Å². The number of hydrogen-bond acceptors (Lipinski definition) is 5. The van der Waals surface area contributed by atoms with Gasteiger partial charge in [-0.15, -0.1) is 0 Å². The smallest absolute Gasteiger partial charge is 0.326 e. The summed E-state index contributed by atoms with van der Waals surface area (Å²) in [4.78, 5) is 33.1. The van der Waals surface area contributed by atoms with Gasteiger partial charge in [-0.1, -0.05) is 0 Å². The van der Waals surface area contributed by atoms with Crippen molar-refractivity contribution < 1.29 is 37.3 Å². The summed E-state index contributed by atoms with van der Waals surface area (Å²) >= 11 is 3.80. The third-order valence-corrected chi connectivity index (χ3v) is 4.23. The number of rotatable bonds is 4. The van der Waals surface area contributed by atoms with E-state index in [-0.39, 0.29) is 0 Å². The minimum atomic E-state index is -4.94. The Morgan fingerprint density at radius 1 is 1.33 bits per heavy atom. The molecular weight excluding hydrogens is 253 g/mol. The fourth-order valence-electron chi connectivity index (χ4n) is 0.250. The van der Waals surface area contributed by atoms with Crippen molar-refractivity contribution in [1.29, 1.82) is 0 Å². The van der Waals surface area contributed by atoms with Gasteiger partial charge >= 0.3 is 22.8 Å². The van der Waals surface area contributed by atoms with Crippen molar-refractivity contribution in [3.8, 4) is 0 Å². The van der Waals surface area contributed by atoms with Crippen LogP contribution in [-0.2, 0) is 29.6 Å². The second-order valence-electron chi connectivity index (χ2n) is 1.40. The molecule has 4 N–H and O–H groups in total. The molecule has 0 aliphatic carbocycles. The van der Waals surface area contributed by atoms with Crippen LogP contribution >= 0.6 is 22.8 Å². The highest BCUT2D eigenvalue weighted by Gasteiger charge is 2.30. The van der Waals surface area contributed by atoms with Gasteiger partial charge in [0.2, 0.25) is 0 Å². The van der Waals surface area contributed by atoms with E-state index in [4.69, 9.17) is 19.6 Å². The molecule has 0 aliphatic heterocycles. The maximum absolute atomic E-state index is 10.5. The van der Waals surface area contributed by atoms with Crippen LogP contribution in [-0.4, -0.2) is 19.6 Å². The van der Waals surface area contributed by atoms with Crippen molar-refractivity contribution in [3.05, 3.63) is 0 Å². The maximum Gasteiger partial charge on any atom is 0.486 e. The largest absolute Gasteiger partial charge is 0.486 e. The number of phosphoric acid groups is 1. The van der Waals surface area contributed by atoms with Crippen LogP contribution in [0.2, 0.25) is 0 Å². The van der Waals surface area contributed by atoms with E-state index in [1.807, 2.05) is 0 Å². The zero-order chi connectivity index (χ0) is 9.99. The van der Waals surface area contributed by atoms with Gasteiger partial charge in [0.1, 0.15) is 0 Å². The Balaban J connectivity index is 4.35. The van der Waals surface area contributed by atoms with Crippen molar-refractivity contribution in [2.24, 2.45) is 0 Å². The lowest BCUT2D eigenvalue weighted by atomic mass is 15.7. The van der Waals surface area contributed by atoms with E-state index in [1.54, 1.807) is 0 Å². The molecule has 0 radical (unpaired) electrons. The molecule has 0 aromatic carbocycles. The van der Waals surface area contributed by atoms with Gasteiger partial charge < -0.3 is 19.6 Å². The molecule has 2 unspecified atom stereocenters. The van der Waals surface area contributed by atoms with Gasteiger partial charge in [0.05, 0.1) is 0 Å². The first-order valence-electron chi connectivity index (χ1n) is 2.14. The van der Waals surface area contributed by atoms with E-state index >= 15 is 0 Å². The van der Waals surface area contributed by atoms with E-state index in [2.05, 4.69) is 20.4 Å². The Bertz CT molecular complexity index is 261. The van der Waals surface area contributed by atoms with Crippen LogP contribution in [0.3, 0.4) is 0 Å². The van der Waals surface area contributed by atoms with Crippen LogP contribution in [0.1, 0.15) is 0 Å². The van der Waals surface area contributed by atoms with Crippen LogP contribution in [0, 0.1) is 0 Å². The summed E-state index contributed by atoms with van der Waals surface area (Å²) in [5.74, 6) is 0. The molecule has 0 saturated heterocycles. The Labute approximate surface area is 72.6 Å². The lowest BCUT2D eigenvalue weighted by Crippen LogP contribution is -1.87. The first-order chi connectivity index (χ1) is 5.12. The van der Waals surface area contributed by atoms with Gasteiger partial charge in [-0.2, -0.15) is 0 Å². The molecule has 12 heteroatoms. The van der Waals surface area contributed by atoms with Gasteiger partial charge in [-0.25, -0.2) is 13.2 Å².